The standard InChI is InChI=1S/C16H14N2/c1-3-7-13(8-4-1)15-11-16(18-12-17-15)14-9-5-2-6-10-14/h1,3-5,7-12H,2,6H2. The lowest BCUT2D eigenvalue weighted by molar-refractivity contribution is 1.03. The van der Waals surface area contributed by atoms with Crippen LogP contribution in [0.25, 0.3) is 16.8 Å². The number of hydrogen-bond acceptors (Lipinski definition) is 2. The summed E-state index contributed by atoms with van der Waals surface area (Å²) in [6.07, 6.45) is 10.4. The summed E-state index contributed by atoms with van der Waals surface area (Å²) in [5.41, 5.74) is 4.29. The molecule has 0 unspecified atom stereocenters. The van der Waals surface area contributed by atoms with Crippen molar-refractivity contribution in [1.29, 1.82) is 0 Å². The molecular formula is C16H14N2. The SMILES string of the molecule is C1=CC(c2cc(-c3ccccc3)ncn2)=CCC1. The van der Waals surface area contributed by atoms with Crippen LogP contribution in [0.5, 0.6) is 0 Å². The molecule has 1 aliphatic rings. The van der Waals surface area contributed by atoms with E-state index in [9.17, 15) is 0 Å². The molecule has 2 aromatic rings. The van der Waals surface area contributed by atoms with Crippen LogP contribution in [0.3, 0.4) is 0 Å². The maximum Gasteiger partial charge on any atom is 0.116 e. The Morgan fingerprint density at radius 2 is 1.72 bits per heavy atom. The summed E-state index contributed by atoms with van der Waals surface area (Å²) in [5.74, 6) is 0. The summed E-state index contributed by atoms with van der Waals surface area (Å²) >= 11 is 0. The Bertz CT molecular complexity index is 598. The molecule has 1 aromatic heterocycles. The van der Waals surface area contributed by atoms with E-state index in [4.69, 9.17) is 0 Å². The lowest BCUT2D eigenvalue weighted by Gasteiger charge is -2.07. The minimum atomic E-state index is 0.973. The molecule has 1 heterocycles. The summed E-state index contributed by atoms with van der Waals surface area (Å²) in [6.45, 7) is 0. The van der Waals surface area contributed by atoms with Crippen molar-refractivity contribution in [3.05, 3.63) is 66.6 Å². The molecule has 0 amide bonds. The monoisotopic (exact) mass is 234 g/mol. The third-order valence-corrected chi connectivity index (χ3v) is 3.03. The van der Waals surface area contributed by atoms with E-state index >= 15 is 0 Å². The first kappa shape index (κ1) is 10.9. The maximum atomic E-state index is 4.36. The van der Waals surface area contributed by atoms with Crippen LogP contribution in [0, 0.1) is 0 Å². The average molecular weight is 234 g/mol. The molecule has 2 nitrogen and oxygen atoms in total. The molecule has 0 N–H and O–H groups in total. The second-order valence-electron chi connectivity index (χ2n) is 4.29. The van der Waals surface area contributed by atoms with Crippen molar-refractivity contribution < 1.29 is 0 Å². The molecule has 0 fully saturated rings. The quantitative estimate of drug-likeness (QED) is 0.788. The van der Waals surface area contributed by atoms with Gasteiger partial charge in [0.1, 0.15) is 6.33 Å². The molecule has 0 spiro atoms. The van der Waals surface area contributed by atoms with E-state index in [1.165, 1.54) is 5.57 Å². The van der Waals surface area contributed by atoms with Gasteiger partial charge in [-0.25, -0.2) is 9.97 Å². The van der Waals surface area contributed by atoms with Gasteiger partial charge in [-0.05, 0) is 24.5 Å². The maximum absolute atomic E-state index is 4.36. The predicted octanol–water partition coefficient (Wildman–Crippen LogP) is 3.88. The Hall–Kier alpha value is -2.22. The molecule has 18 heavy (non-hydrogen) atoms. The first-order chi connectivity index (χ1) is 8.93. The molecule has 2 heteroatoms. The normalized spacial score (nSPS) is 14.3. The van der Waals surface area contributed by atoms with Gasteiger partial charge in [0.2, 0.25) is 0 Å². The topological polar surface area (TPSA) is 25.8 Å². The van der Waals surface area contributed by atoms with Crippen LogP contribution in [0.1, 0.15) is 18.5 Å². The zero-order valence-corrected chi connectivity index (χ0v) is 10.1. The van der Waals surface area contributed by atoms with Crippen LogP contribution < -0.4 is 0 Å². The molecule has 0 atom stereocenters. The van der Waals surface area contributed by atoms with Gasteiger partial charge in [0.15, 0.2) is 0 Å². The molecule has 0 saturated heterocycles. The summed E-state index contributed by atoms with van der Waals surface area (Å²) in [5, 5.41) is 0. The van der Waals surface area contributed by atoms with E-state index in [2.05, 4.69) is 46.4 Å². The van der Waals surface area contributed by atoms with Crippen molar-refractivity contribution in [2.75, 3.05) is 0 Å². The van der Waals surface area contributed by atoms with Gasteiger partial charge in [-0.3, -0.25) is 0 Å². The van der Waals surface area contributed by atoms with Crippen LogP contribution in [0.4, 0.5) is 0 Å². The fourth-order valence-corrected chi connectivity index (χ4v) is 2.09. The van der Waals surface area contributed by atoms with Gasteiger partial charge in [0.05, 0.1) is 11.4 Å². The number of benzene rings is 1. The van der Waals surface area contributed by atoms with Gasteiger partial charge in [0.25, 0.3) is 0 Å². The van der Waals surface area contributed by atoms with E-state index in [1.807, 2.05) is 18.2 Å². The van der Waals surface area contributed by atoms with Gasteiger partial charge in [-0.15, -0.1) is 0 Å². The fourth-order valence-electron chi connectivity index (χ4n) is 2.09. The number of rotatable bonds is 2. The highest BCUT2D eigenvalue weighted by Gasteiger charge is 2.05. The lowest BCUT2D eigenvalue weighted by atomic mass is 10.0. The Kier molecular flexibility index (Phi) is 3.01. The van der Waals surface area contributed by atoms with Crippen LogP contribution >= 0.6 is 0 Å². The smallest absolute Gasteiger partial charge is 0.116 e. The van der Waals surface area contributed by atoms with Crippen LogP contribution in [-0.4, -0.2) is 9.97 Å². The molecule has 0 aliphatic heterocycles. The van der Waals surface area contributed by atoms with Gasteiger partial charge in [0, 0.05) is 5.56 Å². The Morgan fingerprint density at radius 1 is 0.889 bits per heavy atom. The van der Waals surface area contributed by atoms with Gasteiger partial charge in [-0.1, -0.05) is 48.6 Å². The van der Waals surface area contributed by atoms with Crippen molar-refractivity contribution >= 4 is 5.57 Å². The molecule has 1 aromatic carbocycles. The van der Waals surface area contributed by atoms with Gasteiger partial charge in [-0.2, -0.15) is 0 Å². The minimum absolute atomic E-state index is 0.973. The third-order valence-electron chi connectivity index (χ3n) is 3.03. The number of nitrogens with zero attached hydrogens (tertiary/aromatic N) is 2. The van der Waals surface area contributed by atoms with Crippen LogP contribution in [-0.2, 0) is 0 Å². The second kappa shape index (κ2) is 4.96. The number of hydrogen-bond donors (Lipinski definition) is 0. The summed E-state index contributed by atoms with van der Waals surface area (Å²) in [6, 6.07) is 12.2. The highest BCUT2D eigenvalue weighted by molar-refractivity contribution is 5.74. The second-order valence-corrected chi connectivity index (χ2v) is 4.29. The Balaban J connectivity index is 1.99. The van der Waals surface area contributed by atoms with Crippen molar-refractivity contribution in [1.82, 2.24) is 9.97 Å². The number of allylic oxidation sites excluding steroid dienone is 4. The van der Waals surface area contributed by atoms with E-state index in [-0.39, 0.29) is 0 Å². The fraction of sp³-hybridized carbons (Fsp3) is 0.125. The molecule has 0 saturated carbocycles. The highest BCUT2D eigenvalue weighted by atomic mass is 14.8. The molecular weight excluding hydrogens is 220 g/mol. The van der Waals surface area contributed by atoms with Gasteiger partial charge >= 0.3 is 0 Å². The molecule has 0 radical (unpaired) electrons. The molecule has 3 rings (SSSR count). The summed E-state index contributed by atoms with van der Waals surface area (Å²) in [7, 11) is 0. The van der Waals surface area contributed by atoms with Crippen molar-refractivity contribution in [3.63, 3.8) is 0 Å². The van der Waals surface area contributed by atoms with Crippen LogP contribution in [0.15, 0.2) is 61.0 Å². The lowest BCUT2D eigenvalue weighted by Crippen LogP contribution is -1.93. The van der Waals surface area contributed by atoms with Crippen LogP contribution in [0.2, 0.25) is 0 Å². The molecule has 88 valence electrons. The first-order valence-electron chi connectivity index (χ1n) is 6.18. The highest BCUT2D eigenvalue weighted by Crippen LogP contribution is 2.23. The first-order valence-corrected chi connectivity index (χ1v) is 6.18. The van der Waals surface area contributed by atoms with Crippen molar-refractivity contribution in [2.45, 2.75) is 12.8 Å². The van der Waals surface area contributed by atoms with E-state index in [0.29, 0.717) is 0 Å². The van der Waals surface area contributed by atoms with E-state index < -0.39 is 0 Å². The van der Waals surface area contributed by atoms with Gasteiger partial charge < -0.3 is 0 Å². The summed E-state index contributed by atoms with van der Waals surface area (Å²) < 4.78 is 0. The van der Waals surface area contributed by atoms with Crippen molar-refractivity contribution in [2.24, 2.45) is 0 Å². The van der Waals surface area contributed by atoms with E-state index in [0.717, 1.165) is 29.8 Å². The Labute approximate surface area is 107 Å². The molecule has 1 aliphatic carbocycles. The number of aromatic nitrogens is 2. The zero-order valence-electron chi connectivity index (χ0n) is 10.1. The summed E-state index contributed by atoms with van der Waals surface area (Å²) in [4.78, 5) is 8.70. The minimum Gasteiger partial charge on any atom is -0.236 e. The molecule has 0 bridgehead atoms. The average Bonchev–Trinajstić information content (AvgIpc) is 2.49. The Morgan fingerprint density at radius 3 is 2.50 bits per heavy atom. The zero-order chi connectivity index (χ0) is 12.2. The largest absolute Gasteiger partial charge is 0.236 e. The predicted molar refractivity (Wildman–Crippen MR) is 73.8 cm³/mol. The van der Waals surface area contributed by atoms with Crippen molar-refractivity contribution in [3.8, 4) is 11.3 Å². The van der Waals surface area contributed by atoms with E-state index in [1.54, 1.807) is 6.33 Å². The third kappa shape index (κ3) is 2.23.